The molecule has 5 heteroatoms. The van der Waals surface area contributed by atoms with E-state index >= 15 is 0 Å². The van der Waals surface area contributed by atoms with Crippen molar-refractivity contribution in [1.82, 2.24) is 4.98 Å². The van der Waals surface area contributed by atoms with Crippen LogP contribution in [0.5, 0.6) is 0 Å². The summed E-state index contributed by atoms with van der Waals surface area (Å²) in [7, 11) is 0. The molecule has 0 atom stereocenters. The lowest BCUT2D eigenvalue weighted by Gasteiger charge is -1.94. The number of rotatable bonds is 2. The molecule has 62 valence electrons. The van der Waals surface area contributed by atoms with Crippen LogP contribution in [0.15, 0.2) is 11.6 Å². The van der Waals surface area contributed by atoms with E-state index in [0.29, 0.717) is 11.6 Å². The topological polar surface area (TPSA) is 39.2 Å². The molecule has 0 N–H and O–H groups in total. The van der Waals surface area contributed by atoms with E-state index in [4.69, 9.17) is 4.74 Å². The second kappa shape index (κ2) is 5.26. The summed E-state index contributed by atoms with van der Waals surface area (Å²) in [4.78, 5) is 14.6. The Balaban J connectivity index is 0.000001000. The zero-order chi connectivity index (χ0) is 7.40. The molecular weight excluding hydrogens is 230 g/mol. The van der Waals surface area contributed by atoms with Gasteiger partial charge in [0.05, 0.1) is 6.61 Å². The lowest BCUT2D eigenvalue weighted by molar-refractivity contribution is 0.0526. The van der Waals surface area contributed by atoms with Crippen molar-refractivity contribution in [2.24, 2.45) is 0 Å². The first-order valence-electron chi connectivity index (χ1n) is 2.91. The van der Waals surface area contributed by atoms with E-state index in [-0.39, 0.29) is 23.0 Å². The maximum Gasteiger partial charge on any atom is 0.367 e. The number of hydrogen-bond donors (Lipinski definition) is 0. The summed E-state index contributed by atoms with van der Waals surface area (Å²) in [5.74, 6) is -0.336. The second-order valence-corrected chi connectivity index (χ2v) is 2.45. The lowest BCUT2D eigenvalue weighted by Crippen LogP contribution is -2.03. The molecule has 0 spiro atoms. The minimum Gasteiger partial charge on any atom is -0.461 e. The third kappa shape index (κ3) is 2.98. The van der Waals surface area contributed by atoms with Crippen LogP contribution in [0.1, 0.15) is 16.7 Å². The van der Waals surface area contributed by atoms with Crippen LogP contribution in [0, 0.1) is 0 Å². The van der Waals surface area contributed by atoms with E-state index in [9.17, 15) is 4.79 Å². The molecule has 0 aliphatic rings. The molecule has 0 amide bonds. The van der Waals surface area contributed by atoms with Crippen LogP contribution in [-0.2, 0) is 4.74 Å². The van der Waals surface area contributed by atoms with Gasteiger partial charge in [0, 0.05) is 11.6 Å². The molecule has 0 radical (unpaired) electrons. The predicted octanol–water partition coefficient (Wildman–Crippen LogP) is 1.90. The molecule has 1 aromatic rings. The Bertz CT molecular complexity index is 212. The molecule has 0 aliphatic carbocycles. The maximum atomic E-state index is 10.8. The van der Waals surface area contributed by atoms with Crippen molar-refractivity contribution >= 4 is 34.3 Å². The summed E-state index contributed by atoms with van der Waals surface area (Å²) in [5, 5.41) is 2.16. The number of thiazole rings is 1. The normalized spacial score (nSPS) is 8.45. The van der Waals surface area contributed by atoms with E-state index < -0.39 is 0 Å². The number of hydrogen-bond acceptors (Lipinski definition) is 4. The van der Waals surface area contributed by atoms with Crippen LogP contribution in [0.3, 0.4) is 0 Å². The summed E-state index contributed by atoms with van der Waals surface area (Å²) in [6.07, 6.45) is 1.58. The minimum atomic E-state index is -0.336. The van der Waals surface area contributed by atoms with Gasteiger partial charge in [0.2, 0.25) is 5.01 Å². The standard InChI is InChI=1S/C6H7NO2S.BrH/c1-2-9-6(8)5-7-3-4-10-5;/h3-4H,2H2,1H3;1H. The first-order chi connectivity index (χ1) is 4.84. The molecule has 0 saturated carbocycles. The van der Waals surface area contributed by atoms with E-state index in [1.165, 1.54) is 11.3 Å². The van der Waals surface area contributed by atoms with Crippen molar-refractivity contribution in [3.05, 3.63) is 16.6 Å². The van der Waals surface area contributed by atoms with Crippen molar-refractivity contribution in [3.8, 4) is 0 Å². The fourth-order valence-corrected chi connectivity index (χ4v) is 1.04. The van der Waals surface area contributed by atoms with Crippen LogP contribution < -0.4 is 0 Å². The highest BCUT2D eigenvalue weighted by Crippen LogP contribution is 2.04. The largest absolute Gasteiger partial charge is 0.461 e. The molecular formula is C6H8BrNO2S. The van der Waals surface area contributed by atoms with Gasteiger partial charge in [-0.25, -0.2) is 9.78 Å². The molecule has 1 rings (SSSR count). The van der Waals surface area contributed by atoms with Crippen molar-refractivity contribution in [3.63, 3.8) is 0 Å². The van der Waals surface area contributed by atoms with Gasteiger partial charge in [-0.2, -0.15) is 0 Å². The molecule has 0 saturated heterocycles. The van der Waals surface area contributed by atoms with Crippen LogP contribution in [0.25, 0.3) is 0 Å². The summed E-state index contributed by atoms with van der Waals surface area (Å²) < 4.78 is 4.70. The van der Waals surface area contributed by atoms with Crippen LogP contribution in [0.2, 0.25) is 0 Å². The highest BCUT2D eigenvalue weighted by molar-refractivity contribution is 8.93. The average Bonchev–Trinajstić information content (AvgIpc) is 2.38. The van der Waals surface area contributed by atoms with Gasteiger partial charge in [-0.3, -0.25) is 0 Å². The fraction of sp³-hybridized carbons (Fsp3) is 0.333. The van der Waals surface area contributed by atoms with Gasteiger partial charge in [-0.1, -0.05) is 0 Å². The number of halogens is 1. The van der Waals surface area contributed by atoms with E-state index in [1.54, 1.807) is 18.5 Å². The Morgan fingerprint density at radius 2 is 2.55 bits per heavy atom. The Hall–Kier alpha value is -0.420. The van der Waals surface area contributed by atoms with Crippen molar-refractivity contribution in [1.29, 1.82) is 0 Å². The van der Waals surface area contributed by atoms with Gasteiger partial charge in [0.15, 0.2) is 0 Å². The zero-order valence-electron chi connectivity index (χ0n) is 5.94. The van der Waals surface area contributed by atoms with Gasteiger partial charge >= 0.3 is 5.97 Å². The number of ether oxygens (including phenoxy) is 1. The van der Waals surface area contributed by atoms with Gasteiger partial charge in [-0.05, 0) is 6.92 Å². The third-order valence-electron chi connectivity index (χ3n) is 0.882. The van der Waals surface area contributed by atoms with Gasteiger partial charge in [-0.15, -0.1) is 28.3 Å². The van der Waals surface area contributed by atoms with Crippen LogP contribution in [-0.4, -0.2) is 17.6 Å². The fourth-order valence-electron chi connectivity index (χ4n) is 0.517. The van der Waals surface area contributed by atoms with E-state index in [1.807, 2.05) is 0 Å². The smallest absolute Gasteiger partial charge is 0.367 e. The van der Waals surface area contributed by atoms with Crippen LogP contribution >= 0.6 is 28.3 Å². The number of aromatic nitrogens is 1. The average molecular weight is 238 g/mol. The molecule has 0 aliphatic heterocycles. The SMILES string of the molecule is Br.CCOC(=O)c1nccs1. The van der Waals surface area contributed by atoms with Gasteiger partial charge in [0.25, 0.3) is 0 Å². The lowest BCUT2D eigenvalue weighted by atomic mass is 10.7. The van der Waals surface area contributed by atoms with Crippen molar-refractivity contribution < 1.29 is 9.53 Å². The van der Waals surface area contributed by atoms with Gasteiger partial charge < -0.3 is 4.74 Å². The third-order valence-corrected chi connectivity index (χ3v) is 1.64. The molecule has 1 aromatic heterocycles. The number of nitrogens with zero attached hydrogens (tertiary/aromatic N) is 1. The minimum absolute atomic E-state index is 0. The Morgan fingerprint density at radius 3 is 3.00 bits per heavy atom. The van der Waals surface area contributed by atoms with E-state index in [0.717, 1.165) is 0 Å². The summed E-state index contributed by atoms with van der Waals surface area (Å²) in [5.41, 5.74) is 0. The molecule has 3 nitrogen and oxygen atoms in total. The van der Waals surface area contributed by atoms with Gasteiger partial charge in [0.1, 0.15) is 0 Å². The molecule has 1 heterocycles. The summed E-state index contributed by atoms with van der Waals surface area (Å²) >= 11 is 1.29. The Morgan fingerprint density at radius 1 is 1.82 bits per heavy atom. The number of carbonyl (C=O) groups is 1. The summed E-state index contributed by atoms with van der Waals surface area (Å²) in [6.45, 7) is 2.17. The molecule has 0 bridgehead atoms. The molecule has 0 aromatic carbocycles. The highest BCUT2D eigenvalue weighted by Gasteiger charge is 2.06. The predicted molar refractivity (Wildman–Crippen MR) is 48.4 cm³/mol. The molecule has 11 heavy (non-hydrogen) atoms. The quantitative estimate of drug-likeness (QED) is 0.738. The number of carbonyl (C=O) groups excluding carboxylic acids is 1. The second-order valence-electron chi connectivity index (χ2n) is 1.56. The molecule has 0 unspecified atom stereocenters. The summed E-state index contributed by atoms with van der Waals surface area (Å²) in [6, 6.07) is 0. The first kappa shape index (κ1) is 10.6. The zero-order valence-corrected chi connectivity index (χ0v) is 8.47. The Kier molecular flexibility index (Phi) is 5.06. The number of esters is 1. The maximum absolute atomic E-state index is 10.8. The molecule has 0 fully saturated rings. The van der Waals surface area contributed by atoms with Crippen molar-refractivity contribution in [2.75, 3.05) is 6.61 Å². The van der Waals surface area contributed by atoms with E-state index in [2.05, 4.69) is 4.98 Å². The van der Waals surface area contributed by atoms with Crippen LogP contribution in [0.4, 0.5) is 0 Å². The highest BCUT2D eigenvalue weighted by atomic mass is 79.9. The first-order valence-corrected chi connectivity index (χ1v) is 3.79. The monoisotopic (exact) mass is 237 g/mol. The van der Waals surface area contributed by atoms with Crippen molar-refractivity contribution in [2.45, 2.75) is 6.92 Å². The Labute approximate surface area is 79.2 Å².